The first kappa shape index (κ1) is 15.7. The number of halogens is 2. The van der Waals surface area contributed by atoms with Gasteiger partial charge in [0.1, 0.15) is 0 Å². The minimum absolute atomic E-state index is 0.0400. The Hall–Kier alpha value is -1.72. The minimum Gasteiger partial charge on any atom is -0.478 e. The summed E-state index contributed by atoms with van der Waals surface area (Å²) in [5.41, 5.74) is 9.18. The molecule has 4 nitrogen and oxygen atoms in total. The molecule has 0 aliphatic carbocycles. The van der Waals surface area contributed by atoms with E-state index in [9.17, 15) is 9.90 Å². The van der Waals surface area contributed by atoms with Crippen molar-refractivity contribution >= 4 is 50.6 Å². The van der Waals surface area contributed by atoms with Gasteiger partial charge in [-0.05, 0) is 49.2 Å². The van der Waals surface area contributed by atoms with Gasteiger partial charge in [0, 0.05) is 15.8 Å². The molecular weight excluding hydrogens is 356 g/mol. The molecule has 0 aliphatic rings. The highest BCUT2D eigenvalue weighted by Gasteiger charge is 2.15. The van der Waals surface area contributed by atoms with Crippen molar-refractivity contribution in [1.29, 1.82) is 0 Å². The van der Waals surface area contributed by atoms with E-state index < -0.39 is 5.97 Å². The highest BCUT2D eigenvalue weighted by molar-refractivity contribution is 9.10. The van der Waals surface area contributed by atoms with Crippen molar-refractivity contribution in [1.82, 2.24) is 0 Å². The summed E-state index contributed by atoms with van der Waals surface area (Å²) in [5.74, 6) is -1.09. The summed E-state index contributed by atoms with van der Waals surface area (Å²) in [4.78, 5) is 11.3. The molecule has 0 aliphatic heterocycles. The molecule has 0 spiro atoms. The summed E-state index contributed by atoms with van der Waals surface area (Å²) in [6.45, 7) is 3.93. The van der Waals surface area contributed by atoms with Crippen LogP contribution in [0.5, 0.6) is 0 Å². The maximum Gasteiger partial charge on any atom is 0.337 e. The molecule has 2 aromatic carbocycles. The fourth-order valence-corrected chi connectivity index (χ4v) is 2.59. The van der Waals surface area contributed by atoms with Gasteiger partial charge in [0.05, 0.1) is 16.3 Å². The lowest BCUT2D eigenvalue weighted by molar-refractivity contribution is 0.0698. The van der Waals surface area contributed by atoms with Crippen LogP contribution >= 0.6 is 27.5 Å². The molecule has 0 atom stereocenters. The van der Waals surface area contributed by atoms with Crippen LogP contribution < -0.4 is 11.1 Å². The summed E-state index contributed by atoms with van der Waals surface area (Å²) in [6, 6.07) is 6.73. The van der Waals surface area contributed by atoms with E-state index >= 15 is 0 Å². The third-order valence-electron chi connectivity index (χ3n) is 3.05. The van der Waals surface area contributed by atoms with E-state index in [1.54, 1.807) is 0 Å². The van der Waals surface area contributed by atoms with Crippen LogP contribution in [0, 0.1) is 13.8 Å². The zero-order chi connectivity index (χ0) is 15.7. The Kier molecular flexibility index (Phi) is 4.44. The van der Waals surface area contributed by atoms with Crippen LogP contribution in [0.3, 0.4) is 0 Å². The number of carbonyl (C=O) groups is 1. The quantitative estimate of drug-likeness (QED) is 0.683. The molecule has 0 amide bonds. The van der Waals surface area contributed by atoms with Crippen molar-refractivity contribution in [2.24, 2.45) is 0 Å². The summed E-state index contributed by atoms with van der Waals surface area (Å²) >= 11 is 9.62. The molecule has 4 N–H and O–H groups in total. The number of nitrogens with two attached hydrogens (primary N) is 1. The predicted octanol–water partition coefficient (Wildman–Crippen LogP) is 4.74. The molecule has 0 unspecified atom stereocenters. The summed E-state index contributed by atoms with van der Waals surface area (Å²) < 4.78 is 1.02. The lowest BCUT2D eigenvalue weighted by Gasteiger charge is -2.14. The van der Waals surface area contributed by atoms with E-state index in [2.05, 4.69) is 21.2 Å². The van der Waals surface area contributed by atoms with Gasteiger partial charge in [-0.25, -0.2) is 4.79 Å². The standard InChI is InChI=1S/C15H14BrClN2O2/c1-7-3-10(4-8(2)13(7)16)19-14-11(15(20)21)5-9(18)6-12(14)17/h3-6,19H,18H2,1-2H3,(H,20,21). The van der Waals surface area contributed by atoms with Crippen LogP contribution in [0.2, 0.25) is 5.02 Å². The summed E-state index contributed by atoms with van der Waals surface area (Å²) in [6.07, 6.45) is 0. The molecule has 6 heteroatoms. The largest absolute Gasteiger partial charge is 0.478 e. The first-order chi connectivity index (χ1) is 9.79. The maximum absolute atomic E-state index is 11.3. The van der Waals surface area contributed by atoms with Gasteiger partial charge in [0.15, 0.2) is 0 Å². The Bertz CT molecular complexity index is 709. The van der Waals surface area contributed by atoms with E-state index in [1.807, 2.05) is 26.0 Å². The van der Waals surface area contributed by atoms with Gasteiger partial charge < -0.3 is 16.2 Å². The summed E-state index contributed by atoms with van der Waals surface area (Å²) in [5, 5.41) is 12.6. The Morgan fingerprint density at radius 3 is 2.33 bits per heavy atom. The fraction of sp³-hybridized carbons (Fsp3) is 0.133. The van der Waals surface area contributed by atoms with Gasteiger partial charge >= 0.3 is 5.97 Å². The Balaban J connectivity index is 2.51. The van der Waals surface area contributed by atoms with E-state index in [1.165, 1.54) is 12.1 Å². The van der Waals surface area contributed by atoms with Gasteiger partial charge in [-0.15, -0.1) is 0 Å². The van der Waals surface area contributed by atoms with E-state index in [4.69, 9.17) is 17.3 Å². The second-order valence-electron chi connectivity index (χ2n) is 4.78. The Morgan fingerprint density at radius 1 is 1.24 bits per heavy atom. The van der Waals surface area contributed by atoms with Crippen molar-refractivity contribution in [2.45, 2.75) is 13.8 Å². The molecule has 2 aromatic rings. The molecule has 110 valence electrons. The molecule has 0 saturated carbocycles. The fourth-order valence-electron chi connectivity index (χ4n) is 2.09. The third-order valence-corrected chi connectivity index (χ3v) is 4.60. The molecule has 0 aromatic heterocycles. The highest BCUT2D eigenvalue weighted by Crippen LogP contribution is 2.33. The molecule has 0 saturated heterocycles. The second-order valence-corrected chi connectivity index (χ2v) is 5.98. The first-order valence-corrected chi connectivity index (χ1v) is 7.32. The molecule has 21 heavy (non-hydrogen) atoms. The van der Waals surface area contributed by atoms with Crippen molar-refractivity contribution in [3.8, 4) is 0 Å². The Morgan fingerprint density at radius 2 is 1.81 bits per heavy atom. The van der Waals surface area contributed by atoms with Crippen molar-refractivity contribution in [3.63, 3.8) is 0 Å². The predicted molar refractivity (Wildman–Crippen MR) is 89.7 cm³/mol. The topological polar surface area (TPSA) is 75.3 Å². The summed E-state index contributed by atoms with van der Waals surface area (Å²) in [7, 11) is 0. The van der Waals surface area contributed by atoms with Crippen molar-refractivity contribution in [3.05, 3.63) is 50.5 Å². The zero-order valence-electron chi connectivity index (χ0n) is 11.5. The third kappa shape index (κ3) is 3.31. The number of hydrogen-bond acceptors (Lipinski definition) is 3. The second kappa shape index (κ2) is 5.95. The number of hydrogen-bond donors (Lipinski definition) is 3. The van der Waals surface area contributed by atoms with Crippen LogP contribution in [0.25, 0.3) is 0 Å². The number of aromatic carboxylic acids is 1. The van der Waals surface area contributed by atoms with Crippen molar-refractivity contribution in [2.75, 3.05) is 11.1 Å². The maximum atomic E-state index is 11.3. The highest BCUT2D eigenvalue weighted by atomic mass is 79.9. The Labute approximate surface area is 136 Å². The van der Waals surface area contributed by atoms with E-state index in [-0.39, 0.29) is 10.6 Å². The van der Waals surface area contributed by atoms with Crippen LogP contribution in [0.4, 0.5) is 17.1 Å². The minimum atomic E-state index is -1.09. The van der Waals surface area contributed by atoms with Crippen LogP contribution in [-0.2, 0) is 0 Å². The molecule has 0 fully saturated rings. The smallest absolute Gasteiger partial charge is 0.337 e. The number of nitrogens with one attached hydrogen (secondary N) is 1. The van der Waals surface area contributed by atoms with Crippen LogP contribution in [-0.4, -0.2) is 11.1 Å². The zero-order valence-corrected chi connectivity index (χ0v) is 13.8. The van der Waals surface area contributed by atoms with Crippen molar-refractivity contribution < 1.29 is 9.90 Å². The average molecular weight is 370 g/mol. The molecule has 2 rings (SSSR count). The molecular formula is C15H14BrClN2O2. The number of carboxylic acids is 1. The van der Waals surface area contributed by atoms with Crippen LogP contribution in [0.15, 0.2) is 28.7 Å². The monoisotopic (exact) mass is 368 g/mol. The van der Waals surface area contributed by atoms with Gasteiger partial charge in [0.2, 0.25) is 0 Å². The first-order valence-electron chi connectivity index (χ1n) is 6.15. The number of aryl methyl sites for hydroxylation is 2. The molecule has 0 radical (unpaired) electrons. The number of carboxylic acid groups (broad SMARTS) is 1. The average Bonchev–Trinajstić information content (AvgIpc) is 2.38. The van der Waals surface area contributed by atoms with Gasteiger partial charge in [-0.2, -0.15) is 0 Å². The van der Waals surface area contributed by atoms with Gasteiger partial charge in [-0.3, -0.25) is 0 Å². The molecule has 0 heterocycles. The number of benzene rings is 2. The SMILES string of the molecule is Cc1cc(Nc2c(Cl)cc(N)cc2C(=O)O)cc(C)c1Br. The lowest BCUT2D eigenvalue weighted by atomic mass is 10.1. The van der Waals surface area contributed by atoms with E-state index in [0.29, 0.717) is 11.4 Å². The number of anilines is 3. The number of rotatable bonds is 3. The number of nitrogen functional groups attached to an aromatic ring is 1. The van der Waals surface area contributed by atoms with Gasteiger partial charge in [0.25, 0.3) is 0 Å². The lowest BCUT2D eigenvalue weighted by Crippen LogP contribution is -2.05. The molecule has 0 bridgehead atoms. The van der Waals surface area contributed by atoms with E-state index in [0.717, 1.165) is 21.3 Å². The normalized spacial score (nSPS) is 10.5. The van der Waals surface area contributed by atoms with Crippen LogP contribution in [0.1, 0.15) is 21.5 Å². The van der Waals surface area contributed by atoms with Gasteiger partial charge in [-0.1, -0.05) is 27.5 Å².